The number of aryl methyl sites for hydroxylation is 1. The summed E-state index contributed by atoms with van der Waals surface area (Å²) in [7, 11) is -3.83. The van der Waals surface area contributed by atoms with Gasteiger partial charge in [0.1, 0.15) is 11.1 Å². The number of carboxylic acid groups (broad SMARTS) is 1. The quantitative estimate of drug-likeness (QED) is 0.644. The van der Waals surface area contributed by atoms with Crippen molar-refractivity contribution in [2.75, 3.05) is 9.62 Å². The lowest BCUT2D eigenvalue weighted by atomic mass is 10.1. The molecule has 0 amide bonds. The van der Waals surface area contributed by atoms with Crippen molar-refractivity contribution in [1.29, 1.82) is 0 Å². The van der Waals surface area contributed by atoms with Crippen LogP contribution in [-0.2, 0) is 27.7 Å². The molecule has 1 aliphatic rings. The third-order valence-electron chi connectivity index (χ3n) is 5.20. The van der Waals surface area contributed by atoms with Crippen LogP contribution in [-0.4, -0.2) is 19.5 Å². The maximum atomic E-state index is 13.6. The predicted octanol–water partition coefficient (Wildman–Crippen LogP) is 4.20. The second-order valence-electron chi connectivity index (χ2n) is 7.18. The van der Waals surface area contributed by atoms with Gasteiger partial charge in [0, 0.05) is 0 Å². The van der Waals surface area contributed by atoms with E-state index in [-0.39, 0.29) is 11.3 Å². The molecule has 4 rings (SSSR count). The van der Waals surface area contributed by atoms with Gasteiger partial charge in [0.15, 0.2) is 0 Å². The lowest BCUT2D eigenvalue weighted by Crippen LogP contribution is -2.42. The first-order valence-corrected chi connectivity index (χ1v) is 11.1. The first-order valence-electron chi connectivity index (χ1n) is 9.69. The minimum atomic E-state index is -3.83. The number of rotatable bonds is 5. The second kappa shape index (κ2) is 7.84. The fraction of sp³-hybridized carbons (Fsp3) is 0.174. The van der Waals surface area contributed by atoms with Gasteiger partial charge in [-0.15, -0.1) is 0 Å². The average molecular weight is 423 g/mol. The van der Waals surface area contributed by atoms with Gasteiger partial charge in [0.25, 0.3) is 10.0 Å². The Kier molecular flexibility index (Phi) is 5.22. The summed E-state index contributed by atoms with van der Waals surface area (Å²) in [6.07, 6.45) is 0.158. The molecule has 0 saturated heterocycles. The van der Waals surface area contributed by atoms with E-state index in [4.69, 9.17) is 5.11 Å². The van der Waals surface area contributed by atoms with Crippen LogP contribution in [0.1, 0.15) is 29.8 Å². The average Bonchev–Trinajstić information content (AvgIpc) is 2.74. The predicted molar refractivity (Wildman–Crippen MR) is 116 cm³/mol. The van der Waals surface area contributed by atoms with Crippen LogP contribution in [0, 0.1) is 0 Å². The van der Waals surface area contributed by atoms with Crippen LogP contribution in [0.4, 0.5) is 11.4 Å². The molecule has 7 heteroatoms. The van der Waals surface area contributed by atoms with E-state index in [1.807, 2.05) is 24.3 Å². The number of para-hydroxylation sites is 1. The van der Waals surface area contributed by atoms with Gasteiger partial charge in [-0.05, 0) is 47.4 Å². The zero-order chi connectivity index (χ0) is 21.3. The van der Waals surface area contributed by atoms with Crippen molar-refractivity contribution in [3.05, 3.63) is 89.5 Å². The maximum Gasteiger partial charge on any atom is 0.307 e. The van der Waals surface area contributed by atoms with Crippen LogP contribution in [0.5, 0.6) is 0 Å². The van der Waals surface area contributed by atoms with Gasteiger partial charge in [-0.2, -0.15) is 0 Å². The number of benzene rings is 3. The molecule has 0 radical (unpaired) electrons. The van der Waals surface area contributed by atoms with Gasteiger partial charge in [0.05, 0.1) is 17.8 Å². The minimum absolute atomic E-state index is 0.115. The van der Waals surface area contributed by atoms with Crippen molar-refractivity contribution in [3.8, 4) is 0 Å². The Hall–Kier alpha value is -3.32. The van der Waals surface area contributed by atoms with Crippen LogP contribution in [0.15, 0.2) is 77.7 Å². The van der Waals surface area contributed by atoms with Gasteiger partial charge in [0.2, 0.25) is 0 Å². The van der Waals surface area contributed by atoms with Gasteiger partial charge in [-0.1, -0.05) is 55.5 Å². The summed E-state index contributed by atoms with van der Waals surface area (Å²) in [5, 5.41) is 12.3. The van der Waals surface area contributed by atoms with Crippen molar-refractivity contribution in [2.24, 2.45) is 0 Å². The molecule has 2 N–H and O–H groups in total. The number of hydrogen-bond acceptors (Lipinski definition) is 4. The number of nitrogens with zero attached hydrogens (tertiary/aromatic N) is 1. The van der Waals surface area contributed by atoms with E-state index in [0.717, 1.165) is 12.0 Å². The van der Waals surface area contributed by atoms with Crippen LogP contribution in [0.25, 0.3) is 0 Å². The Labute approximate surface area is 175 Å². The van der Waals surface area contributed by atoms with Crippen LogP contribution >= 0.6 is 0 Å². The van der Waals surface area contributed by atoms with Crippen molar-refractivity contribution >= 4 is 27.4 Å². The number of sulfonamides is 1. The van der Waals surface area contributed by atoms with E-state index < -0.39 is 22.2 Å². The number of aliphatic carboxylic acids is 1. The maximum absolute atomic E-state index is 13.6. The van der Waals surface area contributed by atoms with Gasteiger partial charge in [-0.3, -0.25) is 4.79 Å². The normalized spacial score (nSPS) is 17.1. The summed E-state index contributed by atoms with van der Waals surface area (Å²) in [4.78, 5) is 11.2. The zero-order valence-corrected chi connectivity index (χ0v) is 17.3. The van der Waals surface area contributed by atoms with Crippen molar-refractivity contribution < 1.29 is 18.3 Å². The molecule has 0 bridgehead atoms. The number of nitrogens with one attached hydrogen (secondary N) is 1. The molecule has 1 heterocycles. The van der Waals surface area contributed by atoms with E-state index in [2.05, 4.69) is 12.2 Å². The third kappa shape index (κ3) is 3.64. The molecule has 154 valence electrons. The van der Waals surface area contributed by atoms with Crippen LogP contribution < -0.4 is 9.62 Å². The Morgan fingerprint density at radius 2 is 1.60 bits per heavy atom. The lowest BCUT2D eigenvalue weighted by molar-refractivity contribution is -0.136. The summed E-state index contributed by atoms with van der Waals surface area (Å²) in [5.41, 5.74) is 3.62. The first kappa shape index (κ1) is 20.0. The standard InChI is InChI=1S/C23H22N2O4S/c1-2-16-7-11-18(12-8-16)23-24-20-5-3-4-6-21(20)30(28,29)25(23)19-13-9-17(10-14-19)15-22(26)27/h3-14,23-24H,2,15H2,1H3,(H,26,27). The Balaban J connectivity index is 1.83. The molecule has 1 aliphatic heterocycles. The van der Waals surface area contributed by atoms with Gasteiger partial charge in [-0.25, -0.2) is 12.7 Å². The monoisotopic (exact) mass is 422 g/mol. The van der Waals surface area contributed by atoms with E-state index in [1.165, 1.54) is 9.87 Å². The van der Waals surface area contributed by atoms with Crippen molar-refractivity contribution in [1.82, 2.24) is 0 Å². The molecule has 30 heavy (non-hydrogen) atoms. The summed E-state index contributed by atoms with van der Waals surface area (Å²) in [6.45, 7) is 2.07. The molecule has 1 unspecified atom stereocenters. The first-order chi connectivity index (χ1) is 14.4. The Bertz CT molecular complexity index is 1170. The highest BCUT2D eigenvalue weighted by atomic mass is 32.2. The van der Waals surface area contributed by atoms with Crippen LogP contribution in [0.2, 0.25) is 0 Å². The molecular weight excluding hydrogens is 400 g/mol. The molecule has 0 fully saturated rings. The van der Waals surface area contributed by atoms with E-state index in [9.17, 15) is 13.2 Å². The molecule has 1 atom stereocenters. The van der Waals surface area contributed by atoms with Crippen molar-refractivity contribution in [2.45, 2.75) is 30.8 Å². The molecule has 3 aromatic carbocycles. The minimum Gasteiger partial charge on any atom is -0.481 e. The molecule has 0 spiro atoms. The van der Waals surface area contributed by atoms with E-state index >= 15 is 0 Å². The van der Waals surface area contributed by atoms with E-state index in [0.29, 0.717) is 16.9 Å². The number of hydrogen-bond donors (Lipinski definition) is 2. The fourth-order valence-electron chi connectivity index (χ4n) is 3.64. The Morgan fingerprint density at radius 3 is 2.23 bits per heavy atom. The highest BCUT2D eigenvalue weighted by Crippen LogP contribution is 2.41. The molecule has 6 nitrogen and oxygen atoms in total. The molecular formula is C23H22N2O4S. The summed E-state index contributed by atoms with van der Waals surface area (Å²) in [5.74, 6) is -0.933. The number of carbonyl (C=O) groups is 1. The summed E-state index contributed by atoms with van der Waals surface area (Å²) < 4.78 is 28.5. The zero-order valence-electron chi connectivity index (χ0n) is 16.4. The Morgan fingerprint density at radius 1 is 0.967 bits per heavy atom. The molecule has 0 aliphatic carbocycles. The highest BCUT2D eigenvalue weighted by Gasteiger charge is 2.39. The molecule has 3 aromatic rings. The smallest absolute Gasteiger partial charge is 0.307 e. The van der Waals surface area contributed by atoms with E-state index in [1.54, 1.807) is 48.5 Å². The topological polar surface area (TPSA) is 86.7 Å². The lowest BCUT2D eigenvalue weighted by Gasteiger charge is -2.39. The van der Waals surface area contributed by atoms with Crippen molar-refractivity contribution in [3.63, 3.8) is 0 Å². The fourth-order valence-corrected chi connectivity index (χ4v) is 5.36. The van der Waals surface area contributed by atoms with Crippen LogP contribution in [0.3, 0.4) is 0 Å². The largest absolute Gasteiger partial charge is 0.481 e. The number of carboxylic acids is 1. The SMILES string of the molecule is CCc1ccc(C2Nc3ccccc3S(=O)(=O)N2c2ccc(CC(=O)O)cc2)cc1. The molecule has 0 saturated carbocycles. The third-order valence-corrected chi connectivity index (χ3v) is 7.05. The van der Waals surface area contributed by atoms with Gasteiger partial charge < -0.3 is 10.4 Å². The molecule has 0 aromatic heterocycles. The summed E-state index contributed by atoms with van der Waals surface area (Å²) in [6, 6.07) is 21.3. The second-order valence-corrected chi connectivity index (χ2v) is 8.96. The number of anilines is 2. The highest BCUT2D eigenvalue weighted by molar-refractivity contribution is 7.93. The number of fused-ring (bicyclic) bond motifs is 1. The summed E-state index contributed by atoms with van der Waals surface area (Å²) >= 11 is 0. The van der Waals surface area contributed by atoms with Gasteiger partial charge >= 0.3 is 5.97 Å².